The van der Waals surface area contributed by atoms with Crippen LogP contribution in [0.2, 0.25) is 0 Å². The predicted octanol–water partition coefficient (Wildman–Crippen LogP) is 3.24. The smallest absolute Gasteiger partial charge is 0.154 e. The van der Waals surface area contributed by atoms with E-state index in [1.54, 1.807) is 18.2 Å². The highest BCUT2D eigenvalue weighted by Gasteiger charge is 2.34. The Hall–Kier alpha value is -0.700. The van der Waals surface area contributed by atoms with Crippen molar-refractivity contribution in [3.8, 4) is 0 Å². The van der Waals surface area contributed by atoms with Crippen LogP contribution >= 0.6 is 15.9 Å². The summed E-state index contributed by atoms with van der Waals surface area (Å²) in [5, 5.41) is 0. The van der Waals surface area contributed by atoms with Gasteiger partial charge in [-0.1, -0.05) is 34.1 Å². The maximum Gasteiger partial charge on any atom is 0.154 e. The summed E-state index contributed by atoms with van der Waals surface area (Å²) in [7, 11) is 0. The fourth-order valence-corrected chi connectivity index (χ4v) is 2.15. The molecule has 74 valence electrons. The van der Waals surface area contributed by atoms with Crippen molar-refractivity contribution in [2.45, 2.75) is 17.7 Å². The number of Topliss-reactive ketones (excluding diaryl/α,β-unsaturated/α-hetero) is 1. The van der Waals surface area contributed by atoms with E-state index in [0.29, 0.717) is 5.56 Å². The molecule has 0 N–H and O–H groups in total. The van der Waals surface area contributed by atoms with Gasteiger partial charge in [-0.15, -0.1) is 0 Å². The normalized spacial score (nSPS) is 17.9. The van der Waals surface area contributed by atoms with Crippen LogP contribution in [0.5, 0.6) is 0 Å². The fourth-order valence-electron chi connectivity index (χ4n) is 1.41. The Bertz CT molecular complexity index is 360. The lowest BCUT2D eigenvalue weighted by molar-refractivity contribution is -0.119. The van der Waals surface area contributed by atoms with E-state index in [1.165, 1.54) is 6.07 Å². The molecule has 14 heavy (non-hydrogen) atoms. The number of alkyl halides is 1. The molecule has 0 saturated heterocycles. The molecule has 0 aliphatic heterocycles. The third-order valence-corrected chi connectivity index (χ3v) is 3.35. The highest BCUT2D eigenvalue weighted by molar-refractivity contribution is 9.09. The van der Waals surface area contributed by atoms with Gasteiger partial charge in [-0.2, -0.15) is 0 Å². The highest BCUT2D eigenvalue weighted by Crippen LogP contribution is 2.38. The Kier molecular flexibility index (Phi) is 2.68. The number of hydrogen-bond donors (Lipinski definition) is 0. The average Bonchev–Trinajstić information content (AvgIpc) is 3.00. The Morgan fingerprint density at radius 1 is 1.43 bits per heavy atom. The molecular formula is C11H10BrFO. The van der Waals surface area contributed by atoms with E-state index in [1.807, 2.05) is 0 Å². The molecule has 1 aliphatic carbocycles. The average molecular weight is 257 g/mol. The standard InChI is InChI=1S/C11H10BrFO/c12-10(11(14)7-5-6-7)8-3-1-2-4-9(8)13/h1-4,7,10H,5-6H2/t10-/m0/s1. The topological polar surface area (TPSA) is 17.1 Å². The first-order valence-corrected chi connectivity index (χ1v) is 5.54. The van der Waals surface area contributed by atoms with E-state index in [0.717, 1.165) is 12.8 Å². The van der Waals surface area contributed by atoms with Gasteiger partial charge in [0.05, 0.1) is 0 Å². The van der Waals surface area contributed by atoms with E-state index >= 15 is 0 Å². The second-order valence-corrected chi connectivity index (χ2v) is 4.48. The van der Waals surface area contributed by atoms with Crippen LogP contribution in [0.15, 0.2) is 24.3 Å². The van der Waals surface area contributed by atoms with E-state index < -0.39 is 4.83 Å². The van der Waals surface area contributed by atoms with Crippen LogP contribution in [-0.4, -0.2) is 5.78 Å². The van der Waals surface area contributed by atoms with Crippen LogP contribution in [0.25, 0.3) is 0 Å². The third-order valence-electron chi connectivity index (χ3n) is 2.41. The van der Waals surface area contributed by atoms with Crippen LogP contribution in [0.4, 0.5) is 4.39 Å². The van der Waals surface area contributed by atoms with E-state index in [9.17, 15) is 9.18 Å². The van der Waals surface area contributed by atoms with Gasteiger partial charge in [0.25, 0.3) is 0 Å². The Labute approximate surface area is 90.4 Å². The minimum absolute atomic E-state index is 0.107. The number of benzene rings is 1. The quantitative estimate of drug-likeness (QED) is 0.759. The molecule has 0 heterocycles. The van der Waals surface area contributed by atoms with Crippen molar-refractivity contribution < 1.29 is 9.18 Å². The highest BCUT2D eigenvalue weighted by atomic mass is 79.9. The molecule has 1 aromatic rings. The SMILES string of the molecule is O=C(C1CC1)[C@@H](Br)c1ccccc1F. The number of hydrogen-bond acceptors (Lipinski definition) is 1. The van der Waals surface area contributed by atoms with Gasteiger partial charge in [-0.05, 0) is 18.9 Å². The number of halogens is 2. The fraction of sp³-hybridized carbons (Fsp3) is 0.364. The minimum atomic E-state index is -0.476. The van der Waals surface area contributed by atoms with Gasteiger partial charge in [0.1, 0.15) is 10.6 Å². The summed E-state index contributed by atoms with van der Waals surface area (Å²) in [6.45, 7) is 0. The van der Waals surface area contributed by atoms with Gasteiger partial charge in [0, 0.05) is 11.5 Å². The van der Waals surface area contributed by atoms with Crippen LogP contribution < -0.4 is 0 Å². The first-order valence-electron chi connectivity index (χ1n) is 4.62. The van der Waals surface area contributed by atoms with E-state index in [4.69, 9.17) is 0 Å². The second-order valence-electron chi connectivity index (χ2n) is 3.56. The molecule has 1 aliphatic rings. The van der Waals surface area contributed by atoms with Gasteiger partial charge in [0.15, 0.2) is 5.78 Å². The van der Waals surface area contributed by atoms with Crippen molar-refractivity contribution in [2.75, 3.05) is 0 Å². The zero-order chi connectivity index (χ0) is 10.1. The zero-order valence-corrected chi connectivity index (χ0v) is 9.13. The van der Waals surface area contributed by atoms with Crippen LogP contribution in [0.1, 0.15) is 23.2 Å². The maximum absolute atomic E-state index is 13.3. The predicted molar refractivity (Wildman–Crippen MR) is 55.8 cm³/mol. The van der Waals surface area contributed by atoms with E-state index in [2.05, 4.69) is 15.9 Å². The second kappa shape index (κ2) is 3.81. The molecule has 0 amide bonds. The van der Waals surface area contributed by atoms with Gasteiger partial charge < -0.3 is 0 Å². The molecule has 3 heteroatoms. The van der Waals surface area contributed by atoms with Gasteiger partial charge in [0.2, 0.25) is 0 Å². The molecule has 0 bridgehead atoms. The number of carbonyl (C=O) groups is 1. The Balaban J connectivity index is 2.21. The molecular weight excluding hydrogens is 247 g/mol. The molecule has 1 saturated carbocycles. The number of rotatable bonds is 3. The molecule has 1 aromatic carbocycles. The molecule has 1 nitrogen and oxygen atoms in total. The molecule has 1 atom stereocenters. The molecule has 0 radical (unpaired) electrons. The molecule has 0 unspecified atom stereocenters. The third kappa shape index (κ3) is 1.87. The van der Waals surface area contributed by atoms with Crippen molar-refractivity contribution in [1.29, 1.82) is 0 Å². The summed E-state index contributed by atoms with van der Waals surface area (Å²) in [6.07, 6.45) is 1.91. The summed E-state index contributed by atoms with van der Waals surface area (Å²) in [5.74, 6) is -0.0579. The van der Waals surface area contributed by atoms with Gasteiger partial charge in [-0.25, -0.2) is 4.39 Å². The summed E-state index contributed by atoms with van der Waals surface area (Å²) >= 11 is 3.25. The van der Waals surface area contributed by atoms with Gasteiger partial charge in [-0.3, -0.25) is 4.79 Å². The lowest BCUT2D eigenvalue weighted by Crippen LogP contribution is -2.09. The Morgan fingerprint density at radius 2 is 2.07 bits per heavy atom. The van der Waals surface area contributed by atoms with Crippen LogP contribution in [0.3, 0.4) is 0 Å². The van der Waals surface area contributed by atoms with Crippen molar-refractivity contribution in [2.24, 2.45) is 5.92 Å². The Morgan fingerprint density at radius 3 is 2.64 bits per heavy atom. The molecule has 0 aromatic heterocycles. The van der Waals surface area contributed by atoms with Crippen molar-refractivity contribution in [3.63, 3.8) is 0 Å². The van der Waals surface area contributed by atoms with Crippen molar-refractivity contribution in [1.82, 2.24) is 0 Å². The van der Waals surface area contributed by atoms with Crippen LogP contribution in [0, 0.1) is 11.7 Å². The molecule has 2 rings (SSSR count). The summed E-state index contributed by atoms with van der Waals surface area (Å²) in [5.41, 5.74) is 0.449. The monoisotopic (exact) mass is 256 g/mol. The molecule has 1 fully saturated rings. The first-order chi connectivity index (χ1) is 6.70. The first kappa shape index (κ1) is 9.84. The van der Waals surface area contributed by atoms with Crippen LogP contribution in [-0.2, 0) is 4.79 Å². The van der Waals surface area contributed by atoms with E-state index in [-0.39, 0.29) is 17.5 Å². The van der Waals surface area contributed by atoms with Crippen molar-refractivity contribution >= 4 is 21.7 Å². The van der Waals surface area contributed by atoms with Crippen molar-refractivity contribution in [3.05, 3.63) is 35.6 Å². The summed E-state index contributed by atoms with van der Waals surface area (Å²) in [6, 6.07) is 6.39. The van der Waals surface area contributed by atoms with Gasteiger partial charge >= 0.3 is 0 Å². The largest absolute Gasteiger partial charge is 0.298 e. The maximum atomic E-state index is 13.3. The number of ketones is 1. The lowest BCUT2D eigenvalue weighted by Gasteiger charge is -2.08. The summed E-state index contributed by atoms with van der Waals surface area (Å²) < 4.78 is 13.3. The lowest BCUT2D eigenvalue weighted by atomic mass is 10.1. The number of carbonyl (C=O) groups excluding carboxylic acids is 1. The molecule has 0 spiro atoms. The summed E-state index contributed by atoms with van der Waals surface area (Å²) in [4.78, 5) is 11.2. The minimum Gasteiger partial charge on any atom is -0.298 e. The zero-order valence-electron chi connectivity index (χ0n) is 7.54.